The number of thiophene rings is 1. The fourth-order valence-electron chi connectivity index (χ4n) is 2.74. The highest BCUT2D eigenvalue weighted by Gasteiger charge is 2.24. The summed E-state index contributed by atoms with van der Waals surface area (Å²) in [6.45, 7) is 0.660. The SMILES string of the molecule is O=C(NCC1CCCCC1CO)Nc1sccc1C(=O)O. The lowest BCUT2D eigenvalue weighted by Gasteiger charge is -2.30. The largest absolute Gasteiger partial charge is 0.478 e. The average molecular weight is 312 g/mol. The van der Waals surface area contributed by atoms with Gasteiger partial charge in [-0.1, -0.05) is 12.8 Å². The minimum Gasteiger partial charge on any atom is -0.478 e. The standard InChI is InChI=1S/C14H20N2O4S/c17-8-10-4-2-1-3-9(10)7-15-14(20)16-12-11(13(18)19)5-6-21-12/h5-6,9-10,17H,1-4,7-8H2,(H,18,19)(H2,15,16,20). The number of amides is 2. The van der Waals surface area contributed by atoms with Crippen molar-refractivity contribution in [1.82, 2.24) is 5.32 Å². The fraction of sp³-hybridized carbons (Fsp3) is 0.571. The van der Waals surface area contributed by atoms with Gasteiger partial charge in [-0.05, 0) is 36.1 Å². The summed E-state index contributed by atoms with van der Waals surface area (Å²) in [5, 5.41) is 25.6. The first kappa shape index (κ1) is 15.8. The van der Waals surface area contributed by atoms with Gasteiger partial charge in [-0.25, -0.2) is 9.59 Å². The van der Waals surface area contributed by atoms with Crippen molar-refractivity contribution in [3.05, 3.63) is 17.0 Å². The first-order chi connectivity index (χ1) is 10.1. The van der Waals surface area contributed by atoms with Crippen molar-refractivity contribution in [1.29, 1.82) is 0 Å². The Hall–Kier alpha value is -1.60. The highest BCUT2D eigenvalue weighted by atomic mass is 32.1. The summed E-state index contributed by atoms with van der Waals surface area (Å²) in [6.07, 6.45) is 4.26. The van der Waals surface area contributed by atoms with E-state index in [1.165, 1.54) is 17.4 Å². The monoisotopic (exact) mass is 312 g/mol. The molecule has 1 saturated carbocycles. The molecule has 0 radical (unpaired) electrons. The molecule has 1 fully saturated rings. The van der Waals surface area contributed by atoms with Gasteiger partial charge in [0.25, 0.3) is 0 Å². The molecule has 1 aromatic rings. The summed E-state index contributed by atoms with van der Waals surface area (Å²) in [5.74, 6) is -0.522. The number of carbonyl (C=O) groups is 2. The van der Waals surface area contributed by atoms with E-state index in [2.05, 4.69) is 10.6 Å². The molecule has 1 heterocycles. The zero-order chi connectivity index (χ0) is 15.2. The Morgan fingerprint density at radius 1 is 1.29 bits per heavy atom. The molecule has 4 N–H and O–H groups in total. The van der Waals surface area contributed by atoms with E-state index >= 15 is 0 Å². The quantitative estimate of drug-likeness (QED) is 0.671. The minimum atomic E-state index is -1.06. The van der Waals surface area contributed by atoms with Gasteiger partial charge in [0.1, 0.15) is 5.00 Å². The van der Waals surface area contributed by atoms with Crippen molar-refractivity contribution in [2.45, 2.75) is 25.7 Å². The van der Waals surface area contributed by atoms with Crippen LogP contribution in [0.25, 0.3) is 0 Å². The lowest BCUT2D eigenvalue weighted by molar-refractivity contribution is 0.0698. The smallest absolute Gasteiger partial charge is 0.338 e. The van der Waals surface area contributed by atoms with Crippen LogP contribution in [0.4, 0.5) is 9.80 Å². The molecule has 7 heteroatoms. The van der Waals surface area contributed by atoms with Crippen molar-refractivity contribution in [2.75, 3.05) is 18.5 Å². The Morgan fingerprint density at radius 2 is 2.00 bits per heavy atom. The fourth-order valence-corrected chi connectivity index (χ4v) is 3.51. The van der Waals surface area contributed by atoms with Crippen LogP contribution in [-0.4, -0.2) is 35.4 Å². The molecule has 1 aromatic heterocycles. The van der Waals surface area contributed by atoms with E-state index in [0.717, 1.165) is 25.7 Å². The Balaban J connectivity index is 1.84. The highest BCUT2D eigenvalue weighted by molar-refractivity contribution is 7.14. The van der Waals surface area contributed by atoms with Crippen molar-refractivity contribution in [3.8, 4) is 0 Å². The Labute approximate surface area is 127 Å². The molecule has 2 unspecified atom stereocenters. The Morgan fingerprint density at radius 3 is 2.67 bits per heavy atom. The van der Waals surface area contributed by atoms with Crippen LogP contribution >= 0.6 is 11.3 Å². The van der Waals surface area contributed by atoms with E-state index in [1.54, 1.807) is 5.38 Å². The molecule has 0 spiro atoms. The number of anilines is 1. The average Bonchev–Trinajstić information content (AvgIpc) is 2.93. The van der Waals surface area contributed by atoms with E-state index < -0.39 is 12.0 Å². The van der Waals surface area contributed by atoms with E-state index in [4.69, 9.17) is 5.11 Å². The highest BCUT2D eigenvalue weighted by Crippen LogP contribution is 2.29. The van der Waals surface area contributed by atoms with Gasteiger partial charge in [0.15, 0.2) is 0 Å². The molecule has 1 aliphatic carbocycles. The van der Waals surface area contributed by atoms with Gasteiger partial charge in [-0.2, -0.15) is 0 Å². The van der Waals surface area contributed by atoms with E-state index in [1.807, 2.05) is 0 Å². The van der Waals surface area contributed by atoms with Gasteiger partial charge >= 0.3 is 12.0 Å². The molecule has 0 saturated heterocycles. The molecule has 2 atom stereocenters. The number of aromatic carboxylic acids is 1. The summed E-state index contributed by atoms with van der Waals surface area (Å²) in [6, 6.07) is 1.06. The number of aliphatic hydroxyl groups excluding tert-OH is 1. The Bertz CT molecular complexity index is 503. The van der Waals surface area contributed by atoms with E-state index in [0.29, 0.717) is 11.5 Å². The summed E-state index contributed by atoms with van der Waals surface area (Å²) >= 11 is 1.18. The molecule has 2 amide bonds. The molecule has 2 rings (SSSR count). The zero-order valence-corrected chi connectivity index (χ0v) is 12.5. The number of rotatable bonds is 5. The van der Waals surface area contributed by atoms with Gasteiger partial charge in [-0.3, -0.25) is 5.32 Å². The van der Waals surface area contributed by atoms with Crippen LogP contribution in [0.15, 0.2) is 11.4 Å². The summed E-state index contributed by atoms with van der Waals surface area (Å²) < 4.78 is 0. The Kier molecular flexibility index (Phi) is 5.58. The van der Waals surface area contributed by atoms with Gasteiger partial charge in [0, 0.05) is 13.2 Å². The first-order valence-electron chi connectivity index (χ1n) is 7.08. The third kappa shape index (κ3) is 4.18. The van der Waals surface area contributed by atoms with Crippen LogP contribution in [0.1, 0.15) is 36.0 Å². The lowest BCUT2D eigenvalue weighted by atomic mass is 9.80. The van der Waals surface area contributed by atoms with Crippen LogP contribution in [-0.2, 0) is 0 Å². The van der Waals surface area contributed by atoms with Gasteiger partial charge in [-0.15, -0.1) is 11.3 Å². The number of hydrogen-bond donors (Lipinski definition) is 4. The molecule has 6 nitrogen and oxygen atoms in total. The van der Waals surface area contributed by atoms with Crippen LogP contribution in [0, 0.1) is 11.8 Å². The molecule has 0 aromatic carbocycles. The first-order valence-corrected chi connectivity index (χ1v) is 7.96. The van der Waals surface area contributed by atoms with Crippen LogP contribution in [0.3, 0.4) is 0 Å². The number of nitrogens with one attached hydrogen (secondary N) is 2. The number of carboxylic acids is 1. The number of aliphatic hydroxyl groups is 1. The molecular weight excluding hydrogens is 292 g/mol. The molecule has 116 valence electrons. The maximum Gasteiger partial charge on any atom is 0.338 e. The number of carbonyl (C=O) groups excluding carboxylic acids is 1. The summed E-state index contributed by atoms with van der Waals surface area (Å²) in [7, 11) is 0. The van der Waals surface area contributed by atoms with Crippen molar-refractivity contribution >= 4 is 28.3 Å². The molecule has 0 bridgehead atoms. The third-order valence-electron chi connectivity index (χ3n) is 3.95. The zero-order valence-electron chi connectivity index (χ0n) is 11.7. The van der Waals surface area contributed by atoms with Crippen LogP contribution < -0.4 is 10.6 Å². The lowest BCUT2D eigenvalue weighted by Crippen LogP contribution is -2.37. The number of urea groups is 1. The van der Waals surface area contributed by atoms with Crippen molar-refractivity contribution < 1.29 is 19.8 Å². The second-order valence-corrected chi connectivity index (χ2v) is 6.21. The normalized spacial score (nSPS) is 21.8. The van der Waals surface area contributed by atoms with Crippen LogP contribution in [0.2, 0.25) is 0 Å². The minimum absolute atomic E-state index is 0.0982. The van der Waals surface area contributed by atoms with Gasteiger partial charge < -0.3 is 15.5 Å². The maximum absolute atomic E-state index is 11.9. The van der Waals surface area contributed by atoms with E-state index in [-0.39, 0.29) is 24.0 Å². The molecule has 0 aliphatic heterocycles. The molecule has 21 heavy (non-hydrogen) atoms. The summed E-state index contributed by atoms with van der Waals surface area (Å²) in [4.78, 5) is 22.8. The number of carboxylic acid groups (broad SMARTS) is 1. The maximum atomic E-state index is 11.9. The van der Waals surface area contributed by atoms with Gasteiger partial charge in [0.2, 0.25) is 0 Å². The second kappa shape index (κ2) is 7.42. The molecule has 1 aliphatic rings. The van der Waals surface area contributed by atoms with E-state index in [9.17, 15) is 14.7 Å². The summed E-state index contributed by atoms with van der Waals surface area (Å²) in [5.41, 5.74) is 0.0982. The predicted molar refractivity (Wildman–Crippen MR) is 80.8 cm³/mol. The topological polar surface area (TPSA) is 98.7 Å². The van der Waals surface area contributed by atoms with Crippen LogP contribution in [0.5, 0.6) is 0 Å². The predicted octanol–water partition coefficient (Wildman–Crippen LogP) is 2.37. The second-order valence-electron chi connectivity index (χ2n) is 5.29. The van der Waals surface area contributed by atoms with Crippen molar-refractivity contribution in [2.24, 2.45) is 11.8 Å². The van der Waals surface area contributed by atoms with Crippen molar-refractivity contribution in [3.63, 3.8) is 0 Å². The van der Waals surface area contributed by atoms with Gasteiger partial charge in [0.05, 0.1) is 5.56 Å². The number of hydrogen-bond acceptors (Lipinski definition) is 4. The third-order valence-corrected chi connectivity index (χ3v) is 4.78. The molecular formula is C14H20N2O4S.